The average Bonchev–Trinajstić information content (AvgIpc) is 2.90. The highest BCUT2D eigenvalue weighted by molar-refractivity contribution is 5.87. The summed E-state index contributed by atoms with van der Waals surface area (Å²) in [5.74, 6) is 0.191. The summed E-state index contributed by atoms with van der Waals surface area (Å²) < 4.78 is 0. The second kappa shape index (κ2) is 7.99. The van der Waals surface area contributed by atoms with Gasteiger partial charge < -0.3 is 10.7 Å². The smallest absolute Gasteiger partial charge is 0.149 e. The van der Waals surface area contributed by atoms with Crippen molar-refractivity contribution in [1.29, 1.82) is 0 Å². The summed E-state index contributed by atoms with van der Waals surface area (Å²) in [5, 5.41) is 1.17. The lowest BCUT2D eigenvalue weighted by atomic mass is 9.99. The van der Waals surface area contributed by atoms with Gasteiger partial charge in [0.2, 0.25) is 0 Å². The lowest BCUT2D eigenvalue weighted by molar-refractivity contribution is -0.120. The number of unbranched alkanes of at least 4 members (excludes halogenated alkanes) is 4. The van der Waals surface area contributed by atoms with E-state index in [0.717, 1.165) is 23.9 Å². The van der Waals surface area contributed by atoms with E-state index in [9.17, 15) is 4.79 Å². The van der Waals surface area contributed by atoms with Crippen LogP contribution in [-0.2, 0) is 11.2 Å². The maximum atomic E-state index is 12.1. The number of aromatic nitrogens is 1. The van der Waals surface area contributed by atoms with Crippen molar-refractivity contribution >= 4 is 16.7 Å². The number of aromatic amines is 1. The summed E-state index contributed by atoms with van der Waals surface area (Å²) in [6.45, 7) is 2.20. The molecule has 3 heteroatoms. The van der Waals surface area contributed by atoms with E-state index < -0.39 is 0 Å². The highest BCUT2D eigenvalue weighted by atomic mass is 16.1. The molecule has 0 aliphatic carbocycles. The number of nitrogens with two attached hydrogens (primary N) is 1. The molecule has 0 aliphatic heterocycles. The van der Waals surface area contributed by atoms with Crippen molar-refractivity contribution in [3.8, 4) is 0 Å². The lowest BCUT2D eigenvalue weighted by Gasteiger charge is -2.10. The minimum absolute atomic E-state index is 0.191. The fourth-order valence-electron chi connectivity index (χ4n) is 2.74. The molecule has 1 atom stereocenters. The number of nitrogens with one attached hydrogen (secondary N) is 1. The van der Waals surface area contributed by atoms with Gasteiger partial charge in [-0.25, -0.2) is 0 Å². The van der Waals surface area contributed by atoms with Gasteiger partial charge in [-0.3, -0.25) is 4.79 Å². The zero-order chi connectivity index (χ0) is 15.1. The Morgan fingerprint density at radius 2 is 1.95 bits per heavy atom. The van der Waals surface area contributed by atoms with Crippen LogP contribution in [0.15, 0.2) is 30.5 Å². The molecule has 0 fully saturated rings. The third kappa shape index (κ3) is 4.43. The summed E-state index contributed by atoms with van der Waals surface area (Å²) in [7, 11) is 0. The molecule has 3 N–H and O–H groups in total. The zero-order valence-electron chi connectivity index (χ0n) is 12.9. The molecular formula is C18H26N2O. The Morgan fingerprint density at radius 1 is 1.19 bits per heavy atom. The molecule has 0 unspecified atom stereocenters. The Balaban J connectivity index is 1.83. The number of hydrogen-bond acceptors (Lipinski definition) is 2. The second-order valence-electron chi connectivity index (χ2n) is 5.80. The van der Waals surface area contributed by atoms with Gasteiger partial charge in [-0.2, -0.15) is 0 Å². The Bertz CT molecular complexity index is 573. The maximum Gasteiger partial charge on any atom is 0.149 e. The topological polar surface area (TPSA) is 58.9 Å². The predicted octanol–water partition coefficient (Wildman–Crippen LogP) is 3.97. The largest absolute Gasteiger partial charge is 0.361 e. The molecule has 0 bridgehead atoms. The van der Waals surface area contributed by atoms with Crippen LogP contribution in [-0.4, -0.2) is 16.8 Å². The van der Waals surface area contributed by atoms with Crippen LogP contribution in [0, 0.1) is 0 Å². The lowest BCUT2D eigenvalue weighted by Crippen LogP contribution is -2.32. The molecule has 0 saturated carbocycles. The predicted molar refractivity (Wildman–Crippen MR) is 88.4 cm³/mol. The molecule has 1 aromatic heterocycles. The van der Waals surface area contributed by atoms with E-state index in [1.807, 2.05) is 24.4 Å². The first-order chi connectivity index (χ1) is 10.2. The third-order valence-electron chi connectivity index (χ3n) is 4.06. The highest BCUT2D eigenvalue weighted by Crippen LogP contribution is 2.19. The fraction of sp³-hybridized carbons (Fsp3) is 0.500. The first kappa shape index (κ1) is 15.8. The van der Waals surface area contributed by atoms with Crippen LogP contribution >= 0.6 is 0 Å². The second-order valence-corrected chi connectivity index (χ2v) is 5.80. The van der Waals surface area contributed by atoms with Gasteiger partial charge in [-0.1, -0.05) is 50.8 Å². The Kier molecular flexibility index (Phi) is 6.00. The number of carbonyl (C=O) groups is 1. The molecule has 1 heterocycles. The van der Waals surface area contributed by atoms with Crippen LogP contribution in [0.4, 0.5) is 0 Å². The highest BCUT2D eigenvalue weighted by Gasteiger charge is 2.15. The SMILES string of the molecule is CCCCCCCC(=O)[C@H](N)Cc1c[nH]c2ccccc12. The molecule has 21 heavy (non-hydrogen) atoms. The summed E-state index contributed by atoms with van der Waals surface area (Å²) in [6.07, 6.45) is 9.04. The summed E-state index contributed by atoms with van der Waals surface area (Å²) in [5.41, 5.74) is 8.32. The van der Waals surface area contributed by atoms with Gasteiger partial charge in [-0.05, 0) is 24.5 Å². The van der Waals surface area contributed by atoms with Crippen LogP contribution in [0.25, 0.3) is 10.9 Å². The molecule has 0 aliphatic rings. The Labute approximate surface area is 126 Å². The molecular weight excluding hydrogens is 260 g/mol. The normalized spacial score (nSPS) is 12.7. The fourth-order valence-corrected chi connectivity index (χ4v) is 2.74. The standard InChI is InChI=1S/C18H26N2O/c1-2-3-4-5-6-11-18(21)16(19)12-14-13-20-17-10-8-7-9-15(14)17/h7-10,13,16,20H,2-6,11-12,19H2,1H3/t16-/m1/s1. The number of rotatable bonds is 9. The van der Waals surface area contributed by atoms with Gasteiger partial charge in [0.15, 0.2) is 0 Å². The van der Waals surface area contributed by atoms with Gasteiger partial charge in [0.05, 0.1) is 6.04 Å². The number of carbonyl (C=O) groups excluding carboxylic acids is 1. The maximum absolute atomic E-state index is 12.1. The van der Waals surface area contributed by atoms with Gasteiger partial charge in [0, 0.05) is 23.5 Å². The first-order valence-electron chi connectivity index (χ1n) is 8.05. The van der Waals surface area contributed by atoms with Gasteiger partial charge in [0.1, 0.15) is 5.78 Å². The minimum atomic E-state index is -0.379. The van der Waals surface area contributed by atoms with Crippen molar-refractivity contribution < 1.29 is 4.79 Å². The van der Waals surface area contributed by atoms with Gasteiger partial charge in [-0.15, -0.1) is 0 Å². The average molecular weight is 286 g/mol. The van der Waals surface area contributed by atoms with E-state index in [1.54, 1.807) is 0 Å². The Hall–Kier alpha value is -1.61. The molecule has 1 aromatic carbocycles. The van der Waals surface area contributed by atoms with E-state index in [-0.39, 0.29) is 11.8 Å². The van der Waals surface area contributed by atoms with Crippen LogP contribution in [0.2, 0.25) is 0 Å². The number of hydrogen-bond donors (Lipinski definition) is 2. The molecule has 0 radical (unpaired) electrons. The summed E-state index contributed by atoms with van der Waals surface area (Å²) >= 11 is 0. The number of ketones is 1. The molecule has 2 aromatic rings. The van der Waals surface area contributed by atoms with Crippen molar-refractivity contribution in [2.45, 2.75) is 57.9 Å². The summed E-state index contributed by atoms with van der Waals surface area (Å²) in [6, 6.07) is 7.75. The number of fused-ring (bicyclic) bond motifs is 1. The van der Waals surface area contributed by atoms with Crippen LogP contribution in [0.3, 0.4) is 0 Å². The van der Waals surface area contributed by atoms with Gasteiger partial charge >= 0.3 is 0 Å². The number of para-hydroxylation sites is 1. The van der Waals surface area contributed by atoms with Crippen molar-refractivity contribution in [3.05, 3.63) is 36.0 Å². The Morgan fingerprint density at radius 3 is 2.76 bits per heavy atom. The first-order valence-corrected chi connectivity index (χ1v) is 8.05. The monoisotopic (exact) mass is 286 g/mol. The zero-order valence-corrected chi connectivity index (χ0v) is 12.9. The molecule has 0 saturated heterocycles. The van der Waals surface area contributed by atoms with Crippen LogP contribution in [0.1, 0.15) is 51.0 Å². The molecule has 114 valence electrons. The number of Topliss-reactive ketones (excluding diaryl/α,β-unsaturated/α-hetero) is 1. The minimum Gasteiger partial charge on any atom is -0.361 e. The number of benzene rings is 1. The van der Waals surface area contributed by atoms with E-state index >= 15 is 0 Å². The van der Waals surface area contributed by atoms with Crippen molar-refractivity contribution in [1.82, 2.24) is 4.98 Å². The number of H-pyrrole nitrogens is 1. The van der Waals surface area contributed by atoms with E-state index in [4.69, 9.17) is 5.73 Å². The summed E-state index contributed by atoms with van der Waals surface area (Å²) in [4.78, 5) is 15.3. The van der Waals surface area contributed by atoms with E-state index in [2.05, 4.69) is 18.0 Å². The van der Waals surface area contributed by atoms with Crippen molar-refractivity contribution in [2.75, 3.05) is 0 Å². The quantitative estimate of drug-likeness (QED) is 0.685. The van der Waals surface area contributed by atoms with Crippen molar-refractivity contribution in [2.24, 2.45) is 5.73 Å². The van der Waals surface area contributed by atoms with Crippen molar-refractivity contribution in [3.63, 3.8) is 0 Å². The molecule has 3 nitrogen and oxygen atoms in total. The molecule has 0 amide bonds. The van der Waals surface area contributed by atoms with E-state index in [0.29, 0.717) is 12.8 Å². The van der Waals surface area contributed by atoms with Crippen LogP contribution in [0.5, 0.6) is 0 Å². The molecule has 2 rings (SSSR count). The van der Waals surface area contributed by atoms with Gasteiger partial charge in [0.25, 0.3) is 0 Å². The van der Waals surface area contributed by atoms with E-state index in [1.165, 1.54) is 24.6 Å². The third-order valence-corrected chi connectivity index (χ3v) is 4.06. The van der Waals surface area contributed by atoms with Crippen LogP contribution < -0.4 is 5.73 Å². The molecule has 0 spiro atoms.